The molecule has 1 unspecified atom stereocenters. The lowest BCUT2D eigenvalue weighted by atomic mass is 10.2. The highest BCUT2D eigenvalue weighted by Gasteiger charge is 2.33. The minimum atomic E-state index is -1.05. The summed E-state index contributed by atoms with van der Waals surface area (Å²) < 4.78 is 5.35. The highest BCUT2D eigenvalue weighted by molar-refractivity contribution is 7.17. The molecule has 0 radical (unpaired) electrons. The van der Waals surface area contributed by atoms with Gasteiger partial charge in [0.15, 0.2) is 6.10 Å². The summed E-state index contributed by atoms with van der Waals surface area (Å²) in [7, 11) is 0. The van der Waals surface area contributed by atoms with Crippen LogP contribution in [0.3, 0.4) is 0 Å². The number of hydrogen-bond acceptors (Lipinski definition) is 4. The Balaban J connectivity index is 1.78. The third-order valence-electron chi connectivity index (χ3n) is 3.77. The molecule has 1 aromatic carbocycles. The first kappa shape index (κ1) is 17.0. The van der Waals surface area contributed by atoms with Gasteiger partial charge in [-0.3, -0.25) is 4.79 Å². The Kier molecular flexibility index (Phi) is 4.89. The molecule has 3 rings (SSSR count). The van der Waals surface area contributed by atoms with Crippen LogP contribution in [0.25, 0.3) is 10.4 Å². The maximum atomic E-state index is 12.7. The number of carbonyl (C=O) groups excluding carboxylic acids is 1. The molecule has 5 nitrogen and oxygen atoms in total. The minimum Gasteiger partial charge on any atom is -0.479 e. The molecule has 2 aromatic rings. The van der Waals surface area contributed by atoms with E-state index < -0.39 is 12.1 Å². The summed E-state index contributed by atoms with van der Waals surface area (Å²) in [4.78, 5) is 26.9. The highest BCUT2D eigenvalue weighted by atomic mass is 35.5. The van der Waals surface area contributed by atoms with Crippen LogP contribution in [-0.2, 0) is 9.53 Å². The van der Waals surface area contributed by atoms with Crippen LogP contribution in [0.4, 0.5) is 0 Å². The van der Waals surface area contributed by atoms with E-state index in [2.05, 4.69) is 0 Å². The molecular weight excluding hydrogens is 350 g/mol. The SMILES string of the molecule is C[C@@H]1CN(C(=O)c2ccc(-c3ccc(Cl)cc3)s2)CC(C(=O)O)O1. The van der Waals surface area contributed by atoms with Gasteiger partial charge in [0, 0.05) is 16.4 Å². The molecular formula is C17H16ClNO4S. The zero-order valence-electron chi connectivity index (χ0n) is 12.9. The predicted molar refractivity (Wildman–Crippen MR) is 92.6 cm³/mol. The first-order valence-electron chi connectivity index (χ1n) is 7.47. The molecule has 2 atom stereocenters. The van der Waals surface area contributed by atoms with Crippen molar-refractivity contribution in [1.82, 2.24) is 4.90 Å². The summed E-state index contributed by atoms with van der Waals surface area (Å²) in [6.07, 6.45) is -1.28. The lowest BCUT2D eigenvalue weighted by molar-refractivity contribution is -0.160. The van der Waals surface area contributed by atoms with E-state index in [0.29, 0.717) is 16.4 Å². The van der Waals surface area contributed by atoms with E-state index in [-0.39, 0.29) is 18.6 Å². The van der Waals surface area contributed by atoms with E-state index in [1.807, 2.05) is 18.2 Å². The number of hydrogen-bond donors (Lipinski definition) is 1. The van der Waals surface area contributed by atoms with Gasteiger partial charge in [-0.2, -0.15) is 0 Å². The number of carboxylic acids is 1. The molecule has 1 amide bonds. The number of thiophene rings is 1. The largest absolute Gasteiger partial charge is 0.479 e. The van der Waals surface area contributed by atoms with Crippen LogP contribution in [0.15, 0.2) is 36.4 Å². The molecule has 0 spiro atoms. The third kappa shape index (κ3) is 3.61. The quantitative estimate of drug-likeness (QED) is 0.905. The number of nitrogens with zero attached hydrogens (tertiary/aromatic N) is 1. The summed E-state index contributed by atoms with van der Waals surface area (Å²) in [6, 6.07) is 11.1. The van der Waals surface area contributed by atoms with Gasteiger partial charge >= 0.3 is 5.97 Å². The Hall–Kier alpha value is -1.89. The Labute approximate surface area is 148 Å². The van der Waals surface area contributed by atoms with E-state index in [1.54, 1.807) is 30.0 Å². The molecule has 24 heavy (non-hydrogen) atoms. The second kappa shape index (κ2) is 6.93. The zero-order chi connectivity index (χ0) is 17.3. The van der Waals surface area contributed by atoms with Gasteiger partial charge in [0.05, 0.1) is 17.5 Å². The molecule has 0 aliphatic carbocycles. The van der Waals surface area contributed by atoms with Crippen LogP contribution >= 0.6 is 22.9 Å². The van der Waals surface area contributed by atoms with Gasteiger partial charge in [-0.25, -0.2) is 4.79 Å². The lowest BCUT2D eigenvalue weighted by Crippen LogP contribution is -2.51. The summed E-state index contributed by atoms with van der Waals surface area (Å²) >= 11 is 7.27. The highest BCUT2D eigenvalue weighted by Crippen LogP contribution is 2.30. The molecule has 0 bridgehead atoms. The third-order valence-corrected chi connectivity index (χ3v) is 5.14. The average Bonchev–Trinajstić information content (AvgIpc) is 3.04. The van der Waals surface area contributed by atoms with E-state index in [9.17, 15) is 9.59 Å². The van der Waals surface area contributed by atoms with E-state index in [4.69, 9.17) is 21.4 Å². The van der Waals surface area contributed by atoms with Crippen LogP contribution in [0.2, 0.25) is 5.02 Å². The Bertz CT molecular complexity index is 758. The molecule has 2 heterocycles. The van der Waals surface area contributed by atoms with Gasteiger partial charge in [0.25, 0.3) is 5.91 Å². The predicted octanol–water partition coefficient (Wildman–Crippen LogP) is 3.38. The molecule has 1 N–H and O–H groups in total. The van der Waals surface area contributed by atoms with Gasteiger partial charge in [-0.05, 0) is 36.8 Å². The monoisotopic (exact) mass is 365 g/mol. The fraction of sp³-hybridized carbons (Fsp3) is 0.294. The average molecular weight is 366 g/mol. The number of aliphatic carboxylic acids is 1. The number of morpholine rings is 1. The zero-order valence-corrected chi connectivity index (χ0v) is 14.5. The van der Waals surface area contributed by atoms with Crippen molar-refractivity contribution in [2.75, 3.05) is 13.1 Å². The van der Waals surface area contributed by atoms with Crippen LogP contribution in [-0.4, -0.2) is 47.2 Å². The number of benzene rings is 1. The van der Waals surface area contributed by atoms with Crippen LogP contribution in [0.5, 0.6) is 0 Å². The summed E-state index contributed by atoms with van der Waals surface area (Å²) in [6.45, 7) is 2.21. The van der Waals surface area contributed by atoms with Crippen molar-refractivity contribution >= 4 is 34.8 Å². The smallest absolute Gasteiger partial charge is 0.334 e. The van der Waals surface area contributed by atoms with E-state index >= 15 is 0 Å². The first-order chi connectivity index (χ1) is 11.4. The Morgan fingerprint density at radius 3 is 2.58 bits per heavy atom. The minimum absolute atomic E-state index is 0.0622. The standard InChI is InChI=1S/C17H16ClNO4S/c1-10-8-19(9-13(23-10)17(21)22)16(20)15-7-6-14(24-15)11-2-4-12(18)5-3-11/h2-7,10,13H,8-9H2,1H3,(H,21,22)/t10-,13?/m1/s1. The second-order valence-electron chi connectivity index (χ2n) is 5.65. The number of amides is 1. The van der Waals surface area contributed by atoms with Crippen molar-refractivity contribution < 1.29 is 19.4 Å². The van der Waals surface area contributed by atoms with E-state index in [0.717, 1.165) is 10.4 Å². The number of halogens is 1. The molecule has 1 saturated heterocycles. The molecule has 126 valence electrons. The number of ether oxygens (including phenoxy) is 1. The van der Waals surface area contributed by atoms with Crippen LogP contribution in [0, 0.1) is 0 Å². The summed E-state index contributed by atoms with van der Waals surface area (Å²) in [5.41, 5.74) is 0.988. The molecule has 1 aliphatic rings. The summed E-state index contributed by atoms with van der Waals surface area (Å²) in [5, 5.41) is 9.79. The van der Waals surface area contributed by atoms with Crippen molar-refractivity contribution in [1.29, 1.82) is 0 Å². The fourth-order valence-electron chi connectivity index (χ4n) is 2.63. The molecule has 0 saturated carbocycles. The van der Waals surface area contributed by atoms with E-state index in [1.165, 1.54) is 11.3 Å². The second-order valence-corrected chi connectivity index (χ2v) is 7.17. The summed E-state index contributed by atoms with van der Waals surface area (Å²) in [5.74, 6) is -1.21. The van der Waals surface area contributed by atoms with Crippen molar-refractivity contribution in [2.24, 2.45) is 0 Å². The van der Waals surface area contributed by atoms with Crippen molar-refractivity contribution in [3.05, 3.63) is 46.3 Å². The van der Waals surface area contributed by atoms with Gasteiger partial charge < -0.3 is 14.7 Å². The normalized spacial score (nSPS) is 20.8. The molecule has 1 fully saturated rings. The molecule has 1 aliphatic heterocycles. The Morgan fingerprint density at radius 1 is 1.21 bits per heavy atom. The van der Waals surface area contributed by atoms with Crippen molar-refractivity contribution in [2.45, 2.75) is 19.1 Å². The maximum absolute atomic E-state index is 12.7. The number of rotatable bonds is 3. The van der Waals surface area contributed by atoms with Crippen LogP contribution < -0.4 is 0 Å². The lowest BCUT2D eigenvalue weighted by Gasteiger charge is -2.34. The first-order valence-corrected chi connectivity index (χ1v) is 8.67. The van der Waals surface area contributed by atoms with Crippen molar-refractivity contribution in [3.63, 3.8) is 0 Å². The topological polar surface area (TPSA) is 66.8 Å². The molecule has 1 aromatic heterocycles. The fourth-order valence-corrected chi connectivity index (χ4v) is 3.74. The van der Waals surface area contributed by atoms with Gasteiger partial charge in [-0.15, -0.1) is 11.3 Å². The van der Waals surface area contributed by atoms with Crippen molar-refractivity contribution in [3.8, 4) is 10.4 Å². The Morgan fingerprint density at radius 2 is 1.92 bits per heavy atom. The van der Waals surface area contributed by atoms with Gasteiger partial charge in [0.2, 0.25) is 0 Å². The van der Waals surface area contributed by atoms with Gasteiger partial charge in [0.1, 0.15) is 0 Å². The number of carbonyl (C=O) groups is 2. The maximum Gasteiger partial charge on any atom is 0.334 e. The number of carboxylic acid groups (broad SMARTS) is 1. The van der Waals surface area contributed by atoms with Crippen LogP contribution in [0.1, 0.15) is 16.6 Å². The van der Waals surface area contributed by atoms with Gasteiger partial charge in [-0.1, -0.05) is 23.7 Å². The molecule has 7 heteroatoms.